The molecular formula is C25H31N3O4. The summed E-state index contributed by atoms with van der Waals surface area (Å²) in [6, 6.07) is 13.2. The lowest BCUT2D eigenvalue weighted by Crippen LogP contribution is -2.50. The van der Waals surface area contributed by atoms with Crippen LogP contribution in [-0.2, 0) is 22.6 Å². The van der Waals surface area contributed by atoms with E-state index in [2.05, 4.69) is 28.5 Å². The van der Waals surface area contributed by atoms with E-state index in [-0.39, 0.29) is 6.04 Å². The first kappa shape index (κ1) is 23.9. The van der Waals surface area contributed by atoms with Gasteiger partial charge in [0.15, 0.2) is 0 Å². The maximum atomic E-state index is 11.8. The van der Waals surface area contributed by atoms with Gasteiger partial charge < -0.3 is 15.2 Å². The Morgan fingerprint density at radius 1 is 1.19 bits per heavy atom. The van der Waals surface area contributed by atoms with Gasteiger partial charge in [-0.25, -0.2) is 5.48 Å². The first-order valence-electron chi connectivity index (χ1n) is 10.9. The Hall–Kier alpha value is -2.73. The Morgan fingerprint density at radius 2 is 1.91 bits per heavy atom. The normalized spacial score (nSPS) is 16.6. The van der Waals surface area contributed by atoms with Gasteiger partial charge in [0.05, 0.1) is 19.3 Å². The molecule has 7 heteroatoms. The van der Waals surface area contributed by atoms with Crippen LogP contribution in [-0.4, -0.2) is 48.6 Å². The number of hydrogen-bond acceptors (Lipinski definition) is 6. The second kappa shape index (κ2) is 11.8. The number of hydroxylamine groups is 1. The summed E-state index contributed by atoms with van der Waals surface area (Å²) in [6.07, 6.45) is 0.743. The number of fused-ring (bicyclic) bond motifs is 1. The van der Waals surface area contributed by atoms with Gasteiger partial charge in [-0.1, -0.05) is 30.0 Å². The molecule has 0 radical (unpaired) electrons. The zero-order valence-electron chi connectivity index (χ0n) is 18.5. The largest absolute Gasteiger partial charge is 0.391 e. The predicted molar refractivity (Wildman–Crippen MR) is 122 cm³/mol. The van der Waals surface area contributed by atoms with Crippen molar-refractivity contribution in [2.45, 2.75) is 44.6 Å². The van der Waals surface area contributed by atoms with Crippen LogP contribution < -0.4 is 16.1 Å². The van der Waals surface area contributed by atoms with E-state index in [0.717, 1.165) is 41.6 Å². The van der Waals surface area contributed by atoms with Crippen molar-refractivity contribution in [3.05, 3.63) is 70.3 Å². The molecule has 0 bridgehead atoms. The Morgan fingerprint density at radius 3 is 2.59 bits per heavy atom. The molecule has 32 heavy (non-hydrogen) atoms. The zero-order chi connectivity index (χ0) is 22.9. The van der Waals surface area contributed by atoms with Crippen molar-refractivity contribution >= 4 is 5.91 Å². The van der Waals surface area contributed by atoms with Crippen LogP contribution in [0.1, 0.15) is 47.2 Å². The monoisotopic (exact) mass is 437 g/mol. The van der Waals surface area contributed by atoms with Gasteiger partial charge in [0, 0.05) is 23.7 Å². The van der Waals surface area contributed by atoms with Gasteiger partial charge in [-0.2, -0.15) is 0 Å². The summed E-state index contributed by atoms with van der Waals surface area (Å²) >= 11 is 0. The highest BCUT2D eigenvalue weighted by atomic mass is 16.5. The molecule has 1 aliphatic carbocycles. The van der Waals surface area contributed by atoms with Crippen LogP contribution in [0.25, 0.3) is 0 Å². The van der Waals surface area contributed by atoms with Crippen LogP contribution in [0.5, 0.6) is 0 Å². The fourth-order valence-electron chi connectivity index (χ4n) is 3.78. The minimum Gasteiger partial charge on any atom is -0.391 e. The SMILES string of the molecule is CNCCOCc1ccc(C#Cc2ccc3c(c2)CC[C@@H]3N[C@H](C(=O)NO)[C@@H](C)O)cc1. The molecule has 0 fully saturated rings. The molecular weight excluding hydrogens is 406 g/mol. The van der Waals surface area contributed by atoms with E-state index in [0.29, 0.717) is 13.2 Å². The fourth-order valence-corrected chi connectivity index (χ4v) is 3.78. The van der Waals surface area contributed by atoms with Crippen molar-refractivity contribution in [2.24, 2.45) is 0 Å². The highest BCUT2D eigenvalue weighted by Gasteiger charge is 2.30. The Bertz CT molecular complexity index is 963. The quantitative estimate of drug-likeness (QED) is 0.177. The molecule has 2 aromatic carbocycles. The number of amides is 1. The highest BCUT2D eigenvalue weighted by Crippen LogP contribution is 2.32. The standard InChI is InChI=1S/C25H31N3O4/c1-17(29)24(25(30)28-31)27-23-12-10-21-15-19(9-11-22(21)23)6-3-18-4-7-20(8-5-18)16-32-14-13-26-2/h4-5,7-9,11,15,17,23-24,26-27,29,31H,10,12-14,16H2,1-2H3,(H,28,30)/t17-,23+,24+/m1/s1. The molecule has 1 amide bonds. The predicted octanol–water partition coefficient (Wildman–Crippen LogP) is 1.65. The van der Waals surface area contributed by atoms with Crippen LogP contribution in [0.15, 0.2) is 42.5 Å². The lowest BCUT2D eigenvalue weighted by Gasteiger charge is -2.24. The molecule has 0 saturated carbocycles. The topological polar surface area (TPSA) is 103 Å². The average Bonchev–Trinajstić information content (AvgIpc) is 3.21. The number of hydrogen-bond donors (Lipinski definition) is 5. The van der Waals surface area contributed by atoms with Gasteiger partial charge in [-0.05, 0) is 67.8 Å². The van der Waals surface area contributed by atoms with Crippen molar-refractivity contribution in [2.75, 3.05) is 20.2 Å². The summed E-state index contributed by atoms with van der Waals surface area (Å²) in [4.78, 5) is 11.8. The number of aliphatic hydroxyl groups is 1. The molecule has 7 nitrogen and oxygen atoms in total. The lowest BCUT2D eigenvalue weighted by molar-refractivity contribution is -0.134. The molecule has 0 unspecified atom stereocenters. The van der Waals surface area contributed by atoms with E-state index < -0.39 is 18.1 Å². The number of likely N-dealkylation sites (N-methyl/N-ethyl adjacent to an activating group) is 1. The van der Waals surface area contributed by atoms with E-state index in [1.54, 1.807) is 5.48 Å². The summed E-state index contributed by atoms with van der Waals surface area (Å²) < 4.78 is 5.58. The minimum absolute atomic E-state index is 0.0632. The third kappa shape index (κ3) is 6.39. The molecule has 5 N–H and O–H groups in total. The van der Waals surface area contributed by atoms with E-state index in [9.17, 15) is 9.90 Å². The number of aliphatic hydroxyl groups excluding tert-OH is 1. The van der Waals surface area contributed by atoms with Gasteiger partial charge in [-0.15, -0.1) is 0 Å². The first-order chi connectivity index (χ1) is 15.5. The average molecular weight is 438 g/mol. The van der Waals surface area contributed by atoms with Crippen molar-refractivity contribution in [3.8, 4) is 11.8 Å². The number of benzene rings is 2. The number of nitrogens with one attached hydrogen (secondary N) is 3. The van der Waals surface area contributed by atoms with E-state index in [1.807, 2.05) is 43.4 Å². The number of aryl methyl sites for hydroxylation is 1. The summed E-state index contributed by atoms with van der Waals surface area (Å²) in [6.45, 7) is 3.62. The first-order valence-corrected chi connectivity index (χ1v) is 10.9. The minimum atomic E-state index is -0.928. The summed E-state index contributed by atoms with van der Waals surface area (Å²) in [5.41, 5.74) is 6.88. The smallest absolute Gasteiger partial charge is 0.263 e. The molecule has 170 valence electrons. The van der Waals surface area contributed by atoms with Crippen LogP contribution >= 0.6 is 0 Å². The fraction of sp³-hybridized carbons (Fsp3) is 0.400. The van der Waals surface area contributed by atoms with Crippen LogP contribution in [0, 0.1) is 11.8 Å². The van der Waals surface area contributed by atoms with Gasteiger partial charge in [0.25, 0.3) is 5.91 Å². The Labute approximate surface area is 189 Å². The van der Waals surface area contributed by atoms with Crippen molar-refractivity contribution in [1.82, 2.24) is 16.1 Å². The molecule has 0 saturated heterocycles. The van der Waals surface area contributed by atoms with E-state index >= 15 is 0 Å². The van der Waals surface area contributed by atoms with Crippen LogP contribution in [0.4, 0.5) is 0 Å². The lowest BCUT2D eigenvalue weighted by atomic mass is 10.0. The number of ether oxygens (including phenoxy) is 1. The second-order valence-electron chi connectivity index (χ2n) is 7.97. The number of carbonyl (C=O) groups excluding carboxylic acids is 1. The molecule has 0 spiro atoms. The molecule has 3 rings (SSSR count). The maximum absolute atomic E-state index is 11.8. The van der Waals surface area contributed by atoms with Crippen molar-refractivity contribution < 1.29 is 19.8 Å². The van der Waals surface area contributed by atoms with Gasteiger partial charge >= 0.3 is 0 Å². The van der Waals surface area contributed by atoms with Crippen LogP contribution in [0.3, 0.4) is 0 Å². The van der Waals surface area contributed by atoms with E-state index in [4.69, 9.17) is 9.94 Å². The molecule has 0 heterocycles. The van der Waals surface area contributed by atoms with Crippen molar-refractivity contribution in [3.63, 3.8) is 0 Å². The maximum Gasteiger partial charge on any atom is 0.263 e. The molecule has 3 atom stereocenters. The highest BCUT2D eigenvalue weighted by molar-refractivity contribution is 5.81. The molecule has 0 aromatic heterocycles. The molecule has 1 aliphatic rings. The second-order valence-corrected chi connectivity index (χ2v) is 7.97. The van der Waals surface area contributed by atoms with Gasteiger partial charge in [0.1, 0.15) is 6.04 Å². The summed E-state index contributed by atoms with van der Waals surface area (Å²) in [5, 5.41) is 25.0. The Kier molecular flexibility index (Phi) is 8.80. The third-order valence-corrected chi connectivity index (χ3v) is 5.55. The molecule has 0 aliphatic heterocycles. The third-order valence-electron chi connectivity index (χ3n) is 5.55. The number of carbonyl (C=O) groups is 1. The van der Waals surface area contributed by atoms with E-state index in [1.165, 1.54) is 12.5 Å². The summed E-state index contributed by atoms with van der Waals surface area (Å²) in [7, 11) is 1.90. The van der Waals surface area contributed by atoms with Gasteiger partial charge in [0.2, 0.25) is 0 Å². The Balaban J connectivity index is 1.63. The van der Waals surface area contributed by atoms with Crippen molar-refractivity contribution in [1.29, 1.82) is 0 Å². The number of rotatable bonds is 9. The van der Waals surface area contributed by atoms with Gasteiger partial charge in [-0.3, -0.25) is 15.3 Å². The summed E-state index contributed by atoms with van der Waals surface area (Å²) in [5.74, 6) is 5.78. The van der Waals surface area contributed by atoms with Crippen LogP contribution in [0.2, 0.25) is 0 Å². The molecule has 2 aromatic rings. The zero-order valence-corrected chi connectivity index (χ0v) is 18.5.